The molecule has 0 aromatic carbocycles. The summed E-state index contributed by atoms with van der Waals surface area (Å²) in [5.74, 6) is 2.30. The van der Waals surface area contributed by atoms with Gasteiger partial charge in [-0.3, -0.25) is 4.99 Å². The first-order valence-electron chi connectivity index (χ1n) is 9.10. The van der Waals surface area contributed by atoms with Crippen LogP contribution in [0.2, 0.25) is 0 Å². The zero-order valence-corrected chi connectivity index (χ0v) is 16.2. The lowest BCUT2D eigenvalue weighted by molar-refractivity contribution is 0.384. The summed E-state index contributed by atoms with van der Waals surface area (Å²) in [6, 6.07) is 6.23. The number of anilines is 1. The summed E-state index contributed by atoms with van der Waals surface area (Å²) in [6.07, 6.45) is 2.90. The van der Waals surface area contributed by atoms with Gasteiger partial charge in [0.2, 0.25) is 10.0 Å². The number of sulfonamides is 1. The van der Waals surface area contributed by atoms with Gasteiger partial charge in [-0.15, -0.1) is 0 Å². The predicted octanol–water partition coefficient (Wildman–Crippen LogP) is 0.107. The van der Waals surface area contributed by atoms with Crippen molar-refractivity contribution in [1.82, 2.24) is 19.9 Å². The highest BCUT2D eigenvalue weighted by Crippen LogP contribution is 2.28. The molecule has 2 unspecified atom stereocenters. The summed E-state index contributed by atoms with van der Waals surface area (Å²) in [7, 11) is -1.57. The Morgan fingerprint density at radius 2 is 2.04 bits per heavy atom. The zero-order valence-electron chi connectivity index (χ0n) is 15.4. The van der Waals surface area contributed by atoms with Crippen molar-refractivity contribution in [3.63, 3.8) is 0 Å². The third-order valence-electron chi connectivity index (χ3n) is 4.91. The van der Waals surface area contributed by atoms with Crippen LogP contribution in [0, 0.1) is 5.92 Å². The van der Waals surface area contributed by atoms with Crippen LogP contribution < -0.4 is 15.5 Å². The second-order valence-electron chi connectivity index (χ2n) is 6.85. The third kappa shape index (κ3) is 4.85. The molecule has 0 radical (unpaired) electrons. The lowest BCUT2D eigenvalue weighted by Gasteiger charge is -2.34. The van der Waals surface area contributed by atoms with Gasteiger partial charge in [-0.25, -0.2) is 13.4 Å². The van der Waals surface area contributed by atoms with E-state index in [2.05, 4.69) is 32.4 Å². The van der Waals surface area contributed by atoms with Crippen LogP contribution in [0.3, 0.4) is 0 Å². The van der Waals surface area contributed by atoms with Crippen molar-refractivity contribution < 1.29 is 8.42 Å². The monoisotopic (exact) mass is 380 g/mol. The second kappa shape index (κ2) is 8.22. The van der Waals surface area contributed by atoms with Crippen LogP contribution in [-0.2, 0) is 10.0 Å². The van der Waals surface area contributed by atoms with Gasteiger partial charge in [0.25, 0.3) is 0 Å². The van der Waals surface area contributed by atoms with Crippen molar-refractivity contribution >= 4 is 21.8 Å². The van der Waals surface area contributed by atoms with Gasteiger partial charge in [0, 0.05) is 52.0 Å². The highest BCUT2D eigenvalue weighted by atomic mass is 32.2. The van der Waals surface area contributed by atoms with Gasteiger partial charge >= 0.3 is 0 Å². The number of piperazine rings is 1. The molecule has 0 bridgehead atoms. The summed E-state index contributed by atoms with van der Waals surface area (Å²) in [4.78, 5) is 10.6. The number of aliphatic imine (C=N–C) groups is 1. The molecule has 2 fully saturated rings. The van der Waals surface area contributed by atoms with E-state index in [1.807, 2.05) is 18.2 Å². The molecule has 1 aliphatic heterocycles. The largest absolute Gasteiger partial charge is 0.355 e. The van der Waals surface area contributed by atoms with E-state index in [0.717, 1.165) is 12.2 Å². The highest BCUT2D eigenvalue weighted by molar-refractivity contribution is 7.89. The van der Waals surface area contributed by atoms with Crippen molar-refractivity contribution in [1.29, 1.82) is 0 Å². The van der Waals surface area contributed by atoms with Crippen LogP contribution >= 0.6 is 0 Å². The Bertz CT molecular complexity index is 716. The summed E-state index contributed by atoms with van der Waals surface area (Å²) in [6.45, 7) is 4.83. The van der Waals surface area contributed by atoms with Crippen LogP contribution in [0.25, 0.3) is 0 Å². The maximum atomic E-state index is 12.6. The Morgan fingerprint density at radius 3 is 2.62 bits per heavy atom. The molecule has 0 amide bonds. The summed E-state index contributed by atoms with van der Waals surface area (Å²) >= 11 is 0. The number of nitrogens with zero attached hydrogens (tertiary/aromatic N) is 4. The number of nitrogens with one attached hydrogen (secondary N) is 2. The lowest BCUT2D eigenvalue weighted by atomic mass is 10.3. The number of aromatic nitrogens is 1. The molecule has 1 aliphatic carbocycles. The van der Waals surface area contributed by atoms with E-state index in [4.69, 9.17) is 0 Å². The van der Waals surface area contributed by atoms with Crippen LogP contribution in [0.4, 0.5) is 5.82 Å². The minimum atomic E-state index is -3.28. The first-order valence-corrected chi connectivity index (χ1v) is 10.7. The van der Waals surface area contributed by atoms with Gasteiger partial charge in [-0.1, -0.05) is 13.0 Å². The number of hydrogen-bond donors (Lipinski definition) is 2. The maximum absolute atomic E-state index is 12.6. The number of pyridine rings is 1. The van der Waals surface area contributed by atoms with Crippen molar-refractivity contribution in [3.05, 3.63) is 24.4 Å². The fourth-order valence-electron chi connectivity index (χ4n) is 3.06. The predicted molar refractivity (Wildman–Crippen MR) is 104 cm³/mol. The molecular weight excluding hydrogens is 352 g/mol. The van der Waals surface area contributed by atoms with Gasteiger partial charge in [-0.05, 0) is 24.5 Å². The van der Waals surface area contributed by atoms with Gasteiger partial charge in [0.1, 0.15) is 5.82 Å². The fraction of sp³-hybridized carbons (Fsp3) is 0.647. The molecule has 2 atom stereocenters. The van der Waals surface area contributed by atoms with E-state index < -0.39 is 10.0 Å². The SMILES string of the molecule is CN=C(NCCS(=O)(=O)N1CCN(c2ccccn2)CC1)NC1CC1C. The van der Waals surface area contributed by atoms with Gasteiger partial charge in [0.15, 0.2) is 5.96 Å². The average Bonchev–Trinajstić information content (AvgIpc) is 3.36. The molecule has 2 heterocycles. The van der Waals surface area contributed by atoms with Crippen LogP contribution in [0.15, 0.2) is 29.4 Å². The molecule has 1 aromatic heterocycles. The summed E-state index contributed by atoms with van der Waals surface area (Å²) in [5.41, 5.74) is 0. The van der Waals surface area contributed by atoms with Gasteiger partial charge in [0.05, 0.1) is 5.75 Å². The van der Waals surface area contributed by atoms with E-state index in [-0.39, 0.29) is 5.75 Å². The molecule has 144 valence electrons. The molecule has 0 spiro atoms. The number of hydrogen-bond acceptors (Lipinski definition) is 5. The van der Waals surface area contributed by atoms with Crippen LogP contribution in [-0.4, -0.2) is 75.2 Å². The van der Waals surface area contributed by atoms with Crippen molar-refractivity contribution in [2.45, 2.75) is 19.4 Å². The smallest absolute Gasteiger partial charge is 0.215 e. The van der Waals surface area contributed by atoms with Crippen molar-refractivity contribution in [2.24, 2.45) is 10.9 Å². The van der Waals surface area contributed by atoms with E-state index in [0.29, 0.717) is 50.6 Å². The summed E-state index contributed by atoms with van der Waals surface area (Å²) in [5, 5.41) is 6.40. The Kier molecular flexibility index (Phi) is 5.98. The third-order valence-corrected chi connectivity index (χ3v) is 6.78. The Labute approximate surface area is 155 Å². The van der Waals surface area contributed by atoms with E-state index in [1.54, 1.807) is 17.5 Å². The fourth-order valence-corrected chi connectivity index (χ4v) is 4.39. The highest BCUT2D eigenvalue weighted by Gasteiger charge is 2.33. The average molecular weight is 381 g/mol. The molecule has 1 saturated carbocycles. The van der Waals surface area contributed by atoms with Crippen LogP contribution in [0.5, 0.6) is 0 Å². The molecule has 1 aromatic rings. The Morgan fingerprint density at radius 1 is 1.31 bits per heavy atom. The number of guanidine groups is 1. The topological polar surface area (TPSA) is 89.9 Å². The maximum Gasteiger partial charge on any atom is 0.215 e. The lowest BCUT2D eigenvalue weighted by Crippen LogP contribution is -2.50. The molecule has 9 heteroatoms. The number of rotatable bonds is 6. The van der Waals surface area contributed by atoms with E-state index in [9.17, 15) is 8.42 Å². The molecule has 8 nitrogen and oxygen atoms in total. The molecule has 2 aliphatic rings. The minimum Gasteiger partial charge on any atom is -0.355 e. The molecule has 1 saturated heterocycles. The van der Waals surface area contributed by atoms with Crippen molar-refractivity contribution in [2.75, 3.05) is 50.4 Å². The Hall–Kier alpha value is -1.87. The van der Waals surface area contributed by atoms with Gasteiger partial charge in [-0.2, -0.15) is 4.31 Å². The van der Waals surface area contributed by atoms with E-state index >= 15 is 0 Å². The summed E-state index contributed by atoms with van der Waals surface area (Å²) < 4.78 is 26.7. The molecule has 3 rings (SSSR count). The quantitative estimate of drug-likeness (QED) is 0.538. The Balaban J connectivity index is 1.44. The van der Waals surface area contributed by atoms with Crippen molar-refractivity contribution in [3.8, 4) is 0 Å². The molecular formula is C17H28N6O2S. The standard InChI is InChI=1S/C17H28N6O2S/c1-14-13-15(14)21-17(18-2)20-7-12-26(24,25)23-10-8-22(9-11-23)16-5-3-4-6-19-16/h3-6,14-15H,7-13H2,1-2H3,(H2,18,20,21). The first kappa shape index (κ1) is 18.9. The van der Waals surface area contributed by atoms with Gasteiger partial charge < -0.3 is 15.5 Å². The molecule has 26 heavy (non-hydrogen) atoms. The molecule has 2 N–H and O–H groups in total. The minimum absolute atomic E-state index is 0.0670. The second-order valence-corrected chi connectivity index (χ2v) is 8.94. The zero-order chi connectivity index (χ0) is 18.6. The normalized spacial score (nSPS) is 24.4. The first-order chi connectivity index (χ1) is 12.5. The van der Waals surface area contributed by atoms with E-state index in [1.165, 1.54) is 0 Å². The van der Waals surface area contributed by atoms with Crippen LogP contribution in [0.1, 0.15) is 13.3 Å².